The van der Waals surface area contributed by atoms with Gasteiger partial charge in [-0.3, -0.25) is 4.99 Å². The summed E-state index contributed by atoms with van der Waals surface area (Å²) in [5, 5.41) is 11.5. The molecule has 5 nitrogen and oxygen atoms in total. The third-order valence-corrected chi connectivity index (χ3v) is 9.09. The number of hydrogen-bond acceptors (Lipinski definition) is 3. The third-order valence-electron chi connectivity index (χ3n) is 9.09. The van der Waals surface area contributed by atoms with Gasteiger partial charge in [0, 0.05) is 46.2 Å². The molecular formula is C31H59N5. The number of rotatable bonds is 6. The molecule has 0 radical (unpaired) electrons. The molecule has 2 saturated heterocycles. The molecule has 2 unspecified atom stereocenters. The van der Waals surface area contributed by atoms with Crippen molar-refractivity contribution in [2.24, 2.45) is 39.1 Å². The Morgan fingerprint density at radius 1 is 0.833 bits per heavy atom. The van der Waals surface area contributed by atoms with Crippen molar-refractivity contribution >= 4 is 11.7 Å². The van der Waals surface area contributed by atoms with E-state index < -0.39 is 0 Å². The van der Waals surface area contributed by atoms with Crippen molar-refractivity contribution in [2.75, 3.05) is 7.05 Å². The van der Waals surface area contributed by atoms with Gasteiger partial charge in [-0.25, -0.2) is 4.99 Å². The molecule has 0 aromatic carbocycles. The summed E-state index contributed by atoms with van der Waals surface area (Å²) in [6.45, 7) is 34.7. The lowest BCUT2D eigenvalue weighted by atomic mass is 9.63. The Morgan fingerprint density at radius 2 is 1.22 bits per heavy atom. The van der Waals surface area contributed by atoms with Crippen LogP contribution in [0.3, 0.4) is 0 Å². The maximum absolute atomic E-state index is 5.00. The van der Waals surface area contributed by atoms with Crippen molar-refractivity contribution in [1.82, 2.24) is 16.0 Å². The standard InChI is InChI=1S/C31H59N5/c1-20(24-16-27(5,6)35-28(7,8)17-24)26(34-23(4)32-15)33-22(3)31(13,14)21(2)25-18-29(9,10)36-30(11,12)19-25/h20-21,24-25,35-36H,3,16-19H2,1-2,4-15H3,(H,32,33,34). The number of allylic oxidation sites excluding steroid dienone is 1. The highest BCUT2D eigenvalue weighted by Gasteiger charge is 2.45. The van der Waals surface area contributed by atoms with Gasteiger partial charge in [0.2, 0.25) is 0 Å². The van der Waals surface area contributed by atoms with Gasteiger partial charge in [0.25, 0.3) is 0 Å². The number of amidine groups is 2. The van der Waals surface area contributed by atoms with Gasteiger partial charge in [-0.1, -0.05) is 34.3 Å². The molecule has 0 aliphatic carbocycles. The van der Waals surface area contributed by atoms with Crippen LogP contribution in [0.2, 0.25) is 0 Å². The average Bonchev–Trinajstić information content (AvgIpc) is 2.67. The molecule has 3 N–H and O–H groups in total. The number of piperidine rings is 2. The summed E-state index contributed by atoms with van der Waals surface area (Å²) in [6.07, 6.45) is 4.58. The van der Waals surface area contributed by atoms with E-state index in [4.69, 9.17) is 4.99 Å². The Hall–Kier alpha value is -1.20. The molecule has 0 aromatic heterocycles. The van der Waals surface area contributed by atoms with Crippen LogP contribution in [0.25, 0.3) is 0 Å². The monoisotopic (exact) mass is 501 g/mol. The smallest absolute Gasteiger partial charge is 0.121 e. The van der Waals surface area contributed by atoms with Gasteiger partial charge in [0.15, 0.2) is 0 Å². The van der Waals surface area contributed by atoms with Gasteiger partial charge in [-0.15, -0.1) is 0 Å². The zero-order valence-electron chi connectivity index (χ0n) is 26.2. The van der Waals surface area contributed by atoms with Crippen molar-refractivity contribution in [3.8, 4) is 0 Å². The fourth-order valence-corrected chi connectivity index (χ4v) is 7.38. The molecule has 2 aliphatic heterocycles. The fraction of sp³-hybridized carbons (Fsp3) is 0.871. The van der Waals surface area contributed by atoms with Crippen molar-refractivity contribution < 1.29 is 0 Å². The molecule has 0 amide bonds. The maximum atomic E-state index is 5.00. The van der Waals surface area contributed by atoms with E-state index in [1.165, 1.54) is 12.8 Å². The molecule has 2 rings (SSSR count). The molecule has 0 spiro atoms. The molecule has 2 fully saturated rings. The number of nitrogens with one attached hydrogen (secondary N) is 3. The highest BCUT2D eigenvalue weighted by molar-refractivity contribution is 5.97. The van der Waals surface area contributed by atoms with E-state index in [0.717, 1.165) is 30.2 Å². The highest BCUT2D eigenvalue weighted by Crippen LogP contribution is 2.46. The SMILES string of the molecule is C=C(NC(=NC(C)=NC)C(C)C1CC(C)(C)NC(C)(C)C1)C(C)(C)C(C)C1CC(C)(C)NC(C)(C)C1. The molecule has 2 atom stereocenters. The fourth-order valence-electron chi connectivity index (χ4n) is 7.38. The van der Waals surface area contributed by atoms with Crippen molar-refractivity contribution in [1.29, 1.82) is 0 Å². The van der Waals surface area contributed by atoms with Gasteiger partial charge in [-0.05, 0) is 106 Å². The quantitative estimate of drug-likeness (QED) is 0.273. The summed E-state index contributed by atoms with van der Waals surface area (Å²) in [4.78, 5) is 9.36. The molecule has 208 valence electrons. The first-order valence-corrected chi connectivity index (χ1v) is 14.2. The molecule has 5 heteroatoms. The van der Waals surface area contributed by atoms with Crippen LogP contribution in [0.15, 0.2) is 22.3 Å². The Balaban J connectivity index is 2.30. The van der Waals surface area contributed by atoms with Crippen LogP contribution >= 0.6 is 0 Å². The van der Waals surface area contributed by atoms with Crippen LogP contribution in [0.4, 0.5) is 0 Å². The second kappa shape index (κ2) is 10.5. The van der Waals surface area contributed by atoms with Gasteiger partial charge >= 0.3 is 0 Å². The first-order chi connectivity index (χ1) is 16.1. The Bertz CT molecular complexity index is 826. The summed E-state index contributed by atoms with van der Waals surface area (Å²) >= 11 is 0. The van der Waals surface area contributed by atoms with E-state index in [2.05, 4.69) is 111 Å². The van der Waals surface area contributed by atoms with Gasteiger partial charge in [-0.2, -0.15) is 0 Å². The lowest BCUT2D eigenvalue weighted by molar-refractivity contribution is 0.0602. The second-order valence-corrected chi connectivity index (χ2v) is 15.3. The van der Waals surface area contributed by atoms with Crippen LogP contribution in [-0.2, 0) is 0 Å². The van der Waals surface area contributed by atoms with E-state index in [0.29, 0.717) is 17.8 Å². The molecule has 0 aromatic rings. The van der Waals surface area contributed by atoms with E-state index in [1.807, 2.05) is 14.0 Å². The summed E-state index contributed by atoms with van der Waals surface area (Å²) in [5.41, 5.74) is 1.44. The third kappa shape index (κ3) is 7.90. The zero-order chi connectivity index (χ0) is 27.9. The molecular weight excluding hydrogens is 442 g/mol. The van der Waals surface area contributed by atoms with Gasteiger partial charge in [0.1, 0.15) is 11.7 Å². The first-order valence-electron chi connectivity index (χ1n) is 14.2. The normalized spacial score (nSPS) is 26.8. The lowest BCUT2D eigenvalue weighted by Gasteiger charge is -2.51. The minimum Gasteiger partial charge on any atom is -0.347 e. The summed E-state index contributed by atoms with van der Waals surface area (Å²) < 4.78 is 0. The van der Waals surface area contributed by atoms with E-state index in [-0.39, 0.29) is 33.5 Å². The minimum atomic E-state index is -0.0847. The number of nitrogens with zero attached hydrogens (tertiary/aromatic N) is 2. The molecule has 0 bridgehead atoms. The highest BCUT2D eigenvalue weighted by atomic mass is 15.1. The summed E-state index contributed by atoms with van der Waals surface area (Å²) in [5.74, 6) is 3.71. The predicted octanol–water partition coefficient (Wildman–Crippen LogP) is 6.95. The second-order valence-electron chi connectivity index (χ2n) is 15.3. The van der Waals surface area contributed by atoms with E-state index in [1.54, 1.807) is 0 Å². The largest absolute Gasteiger partial charge is 0.347 e. The van der Waals surface area contributed by atoms with Crippen LogP contribution in [-0.4, -0.2) is 40.9 Å². The Morgan fingerprint density at radius 3 is 1.61 bits per heavy atom. The van der Waals surface area contributed by atoms with Crippen LogP contribution in [0.1, 0.15) is 116 Å². The molecule has 0 saturated carbocycles. The number of aliphatic imine (C=N–C) groups is 2. The maximum Gasteiger partial charge on any atom is 0.121 e. The van der Waals surface area contributed by atoms with Crippen LogP contribution in [0.5, 0.6) is 0 Å². The predicted molar refractivity (Wildman–Crippen MR) is 159 cm³/mol. The zero-order valence-corrected chi connectivity index (χ0v) is 26.2. The van der Waals surface area contributed by atoms with Crippen molar-refractivity contribution in [3.63, 3.8) is 0 Å². The molecule has 36 heavy (non-hydrogen) atoms. The average molecular weight is 502 g/mol. The van der Waals surface area contributed by atoms with Crippen molar-refractivity contribution in [3.05, 3.63) is 12.3 Å². The van der Waals surface area contributed by atoms with E-state index in [9.17, 15) is 0 Å². The topological polar surface area (TPSA) is 60.8 Å². The summed E-state index contributed by atoms with van der Waals surface area (Å²) in [7, 11) is 1.82. The summed E-state index contributed by atoms with van der Waals surface area (Å²) in [6, 6.07) is 0. The van der Waals surface area contributed by atoms with Gasteiger partial charge in [0.05, 0.1) is 0 Å². The Labute approximate surface area is 223 Å². The van der Waals surface area contributed by atoms with Crippen molar-refractivity contribution in [2.45, 2.75) is 138 Å². The van der Waals surface area contributed by atoms with Crippen LogP contribution in [0, 0.1) is 29.1 Å². The molecule has 2 heterocycles. The minimum absolute atomic E-state index is 0.0847. The first kappa shape index (κ1) is 31.0. The number of hydrogen-bond donors (Lipinski definition) is 3. The molecule has 2 aliphatic rings. The Kier molecular flexibility index (Phi) is 9.06. The van der Waals surface area contributed by atoms with Gasteiger partial charge < -0.3 is 16.0 Å². The lowest BCUT2D eigenvalue weighted by Crippen LogP contribution is -2.59. The van der Waals surface area contributed by atoms with Crippen LogP contribution < -0.4 is 16.0 Å². The van der Waals surface area contributed by atoms with E-state index >= 15 is 0 Å².